The van der Waals surface area contributed by atoms with Crippen LogP contribution in [0.5, 0.6) is 11.5 Å². The van der Waals surface area contributed by atoms with Crippen molar-refractivity contribution in [1.82, 2.24) is 0 Å². The number of benzene rings is 4. The molecule has 0 spiro atoms. The average molecular weight is 744 g/mol. The summed E-state index contributed by atoms with van der Waals surface area (Å²) < 4.78 is 19.9. The van der Waals surface area contributed by atoms with Crippen molar-refractivity contribution in [2.24, 2.45) is 9.98 Å². The zero-order chi connectivity index (χ0) is 36.5. The monoisotopic (exact) mass is 743 g/mol. The van der Waals surface area contributed by atoms with Crippen molar-refractivity contribution >= 4 is 47.7 Å². The summed E-state index contributed by atoms with van der Waals surface area (Å²) in [5, 5.41) is 23.4. The van der Waals surface area contributed by atoms with E-state index in [2.05, 4.69) is 9.98 Å². The first kappa shape index (κ1) is 41.4. The van der Waals surface area contributed by atoms with Crippen molar-refractivity contribution < 1.29 is 65.4 Å². The van der Waals surface area contributed by atoms with Crippen LogP contribution in [-0.2, 0) is 36.0 Å². The summed E-state index contributed by atoms with van der Waals surface area (Å²) >= 11 is 0. The number of hydrogen-bond donors (Lipinski definition) is 0. The molecule has 0 bridgehead atoms. The predicted octanol–water partition coefficient (Wildman–Crippen LogP) is 5.73. The molecule has 4 rings (SSSR count). The Hall–Kier alpha value is -5.78. The van der Waals surface area contributed by atoms with Gasteiger partial charge in [0.05, 0.1) is 60.1 Å². The van der Waals surface area contributed by atoms with Crippen molar-refractivity contribution in [1.29, 1.82) is 0 Å². The molecule has 0 saturated heterocycles. The first-order valence-electron chi connectivity index (χ1n) is 15.7. The largest absolute Gasteiger partial charge is 2.00 e. The second kappa shape index (κ2) is 21.3. The molecule has 13 heteroatoms. The van der Waals surface area contributed by atoms with Gasteiger partial charge in [0.1, 0.15) is 0 Å². The normalized spacial score (nSPS) is 10.4. The molecule has 0 heterocycles. The van der Waals surface area contributed by atoms with Crippen LogP contribution in [0.1, 0.15) is 80.3 Å². The molecule has 0 aliphatic rings. The van der Waals surface area contributed by atoms with Crippen molar-refractivity contribution in [2.75, 3.05) is 26.4 Å². The summed E-state index contributed by atoms with van der Waals surface area (Å²) in [6.45, 7) is 7.62. The van der Waals surface area contributed by atoms with Crippen LogP contribution in [0.3, 0.4) is 0 Å². The Morgan fingerprint density at radius 3 is 1.04 bits per heavy atom. The van der Waals surface area contributed by atoms with Gasteiger partial charge < -0.3 is 29.2 Å². The molecule has 0 unspecified atom stereocenters. The average Bonchev–Trinajstić information content (AvgIpc) is 3.11. The van der Waals surface area contributed by atoms with Crippen LogP contribution in [0, 0.1) is 0 Å². The topological polar surface area (TPSA) is 176 Å². The Labute approximate surface area is 306 Å². The number of carbonyl (C=O) groups is 4. The van der Waals surface area contributed by atoms with Gasteiger partial charge in [0.25, 0.3) is 0 Å². The molecule has 0 aliphatic heterocycles. The van der Waals surface area contributed by atoms with Gasteiger partial charge in [-0.25, -0.2) is 19.2 Å². The number of nitrogens with zero attached hydrogens (tertiary/aromatic N) is 2. The molecular weight excluding hydrogens is 708 g/mol. The second-order valence-electron chi connectivity index (χ2n) is 10.0. The third kappa shape index (κ3) is 12.9. The Bertz CT molecular complexity index is 1670. The number of aliphatic imine (C=N–C) groups is 2. The van der Waals surface area contributed by atoms with Gasteiger partial charge in [-0.1, -0.05) is 48.5 Å². The Kier molecular flexibility index (Phi) is 17.3. The molecule has 51 heavy (non-hydrogen) atoms. The van der Waals surface area contributed by atoms with E-state index in [9.17, 15) is 29.4 Å². The van der Waals surface area contributed by atoms with Gasteiger partial charge in [0, 0.05) is 12.4 Å². The summed E-state index contributed by atoms with van der Waals surface area (Å²) in [6, 6.07) is 21.6. The number of ether oxygens (including phenoxy) is 4. The molecular formula is C38H36CuN2O10. The Morgan fingerprint density at radius 2 is 0.784 bits per heavy atom. The van der Waals surface area contributed by atoms with Gasteiger partial charge in [-0.15, -0.1) is 11.5 Å². The molecule has 0 saturated carbocycles. The maximum atomic E-state index is 12.0. The standard InChI is InChI=1S/2C19H19NO5.Cu/c2*1-3-24-18(22)14-9-15(19(23)25-4-2)11-16(10-14)20-12-13-7-5-6-8-17(13)21;/h2*5-12,21H,3-4H2,1-2H3;/q;;+2/p-2. The zero-order valence-corrected chi connectivity index (χ0v) is 29.3. The van der Waals surface area contributed by atoms with Crippen LogP contribution in [0.15, 0.2) is 94.9 Å². The van der Waals surface area contributed by atoms with Crippen molar-refractivity contribution in [3.8, 4) is 11.5 Å². The molecule has 1 radical (unpaired) electrons. The number of carbonyl (C=O) groups excluding carboxylic acids is 4. The first-order valence-corrected chi connectivity index (χ1v) is 15.7. The van der Waals surface area contributed by atoms with Gasteiger partial charge >= 0.3 is 40.9 Å². The van der Waals surface area contributed by atoms with Crippen LogP contribution < -0.4 is 10.2 Å². The smallest absolute Gasteiger partial charge is 0.872 e. The van der Waals surface area contributed by atoms with Crippen molar-refractivity contribution in [2.45, 2.75) is 27.7 Å². The van der Waals surface area contributed by atoms with E-state index in [4.69, 9.17) is 18.9 Å². The van der Waals surface area contributed by atoms with Gasteiger partial charge in [-0.3, -0.25) is 9.98 Å². The summed E-state index contributed by atoms with van der Waals surface area (Å²) in [5.74, 6) is -2.58. The molecule has 0 N–H and O–H groups in total. The van der Waals surface area contributed by atoms with Crippen LogP contribution >= 0.6 is 0 Å². The molecule has 4 aromatic rings. The summed E-state index contributed by atoms with van der Waals surface area (Å²) in [7, 11) is 0. The fraction of sp³-hybridized carbons (Fsp3) is 0.211. The van der Waals surface area contributed by atoms with E-state index in [1.54, 1.807) is 64.1 Å². The maximum absolute atomic E-state index is 12.0. The molecule has 12 nitrogen and oxygen atoms in total. The molecule has 0 atom stereocenters. The third-order valence-corrected chi connectivity index (χ3v) is 6.42. The molecule has 0 amide bonds. The predicted molar refractivity (Wildman–Crippen MR) is 183 cm³/mol. The molecule has 4 aromatic carbocycles. The number of esters is 4. The number of hydrogen-bond acceptors (Lipinski definition) is 12. The van der Waals surface area contributed by atoms with Crippen molar-refractivity contribution in [3.63, 3.8) is 0 Å². The van der Waals surface area contributed by atoms with E-state index in [-0.39, 0.29) is 77.2 Å². The van der Waals surface area contributed by atoms with Crippen LogP contribution in [0.2, 0.25) is 0 Å². The van der Waals surface area contributed by atoms with E-state index in [1.807, 2.05) is 0 Å². The minimum absolute atomic E-state index is 0. The fourth-order valence-electron chi connectivity index (χ4n) is 4.16. The van der Waals surface area contributed by atoms with E-state index in [0.717, 1.165) is 0 Å². The Balaban J connectivity index is 0.000000347. The van der Waals surface area contributed by atoms with Gasteiger partial charge in [0.2, 0.25) is 0 Å². The SMILES string of the molecule is CCOC(=O)c1cc(N=Cc2ccccc2[O-])cc(C(=O)OCC)c1.CCOC(=O)c1cc(N=Cc2ccccc2[O-])cc(C(=O)OCC)c1.[Cu+2]. The molecule has 0 aliphatic carbocycles. The second-order valence-corrected chi connectivity index (χ2v) is 10.0. The molecule has 0 fully saturated rings. The van der Waals surface area contributed by atoms with E-state index >= 15 is 0 Å². The van der Waals surface area contributed by atoms with Gasteiger partial charge in [-0.2, -0.15) is 0 Å². The fourth-order valence-corrected chi connectivity index (χ4v) is 4.16. The van der Waals surface area contributed by atoms with E-state index in [1.165, 1.54) is 61.0 Å². The van der Waals surface area contributed by atoms with Crippen molar-refractivity contribution in [3.05, 3.63) is 118 Å². The summed E-state index contributed by atoms with van der Waals surface area (Å²) in [6.07, 6.45) is 2.78. The minimum Gasteiger partial charge on any atom is -0.872 e. The number of rotatable bonds is 12. The molecule has 269 valence electrons. The van der Waals surface area contributed by atoms with Crippen LogP contribution in [0.4, 0.5) is 11.4 Å². The van der Waals surface area contributed by atoms with E-state index in [0.29, 0.717) is 22.5 Å². The third-order valence-electron chi connectivity index (χ3n) is 6.42. The summed E-state index contributed by atoms with van der Waals surface area (Å²) in [4.78, 5) is 56.3. The summed E-state index contributed by atoms with van der Waals surface area (Å²) in [5.41, 5.74) is 2.26. The Morgan fingerprint density at radius 1 is 0.510 bits per heavy atom. The quantitative estimate of drug-likeness (QED) is 0.0754. The molecule has 0 aromatic heterocycles. The number of para-hydroxylation sites is 2. The van der Waals surface area contributed by atoms with Gasteiger partial charge in [0.15, 0.2) is 0 Å². The van der Waals surface area contributed by atoms with Crippen LogP contribution in [0.25, 0.3) is 0 Å². The van der Waals surface area contributed by atoms with Crippen LogP contribution in [-0.4, -0.2) is 62.7 Å². The minimum atomic E-state index is -0.561. The first-order chi connectivity index (χ1) is 24.1. The van der Waals surface area contributed by atoms with E-state index < -0.39 is 23.9 Å². The maximum Gasteiger partial charge on any atom is 2.00 e. The van der Waals surface area contributed by atoms with Gasteiger partial charge in [-0.05, 0) is 75.2 Å². The zero-order valence-electron chi connectivity index (χ0n) is 28.3.